The number of benzene rings is 1. The first-order valence-corrected chi connectivity index (χ1v) is 6.03. The van der Waals surface area contributed by atoms with Gasteiger partial charge in [-0.2, -0.15) is 5.26 Å². The summed E-state index contributed by atoms with van der Waals surface area (Å²) in [7, 11) is 0. The molecule has 1 aromatic carbocycles. The van der Waals surface area contributed by atoms with Crippen molar-refractivity contribution in [2.75, 3.05) is 0 Å². The van der Waals surface area contributed by atoms with Crippen LogP contribution in [0.25, 0.3) is 0 Å². The van der Waals surface area contributed by atoms with Crippen molar-refractivity contribution in [2.45, 2.75) is 18.8 Å². The molecule has 0 heterocycles. The Bertz CT molecular complexity index is 440. The van der Waals surface area contributed by atoms with Gasteiger partial charge in [0, 0.05) is 5.92 Å². The minimum atomic E-state index is 0.186. The van der Waals surface area contributed by atoms with Crippen molar-refractivity contribution < 1.29 is 0 Å². The first-order chi connectivity index (χ1) is 7.90. The van der Waals surface area contributed by atoms with Crippen LogP contribution in [0.15, 0.2) is 42.5 Å². The summed E-state index contributed by atoms with van der Waals surface area (Å²) in [6, 6.07) is 13.1. The molecule has 4 rings (SSSR count). The fourth-order valence-corrected chi connectivity index (χ4v) is 3.30. The molecule has 2 bridgehead atoms. The fraction of sp³-hybridized carbons (Fsp3) is 0.400. The Kier molecular flexibility index (Phi) is 2.29. The monoisotopic (exact) mass is 209 g/mol. The lowest BCUT2D eigenvalue weighted by molar-refractivity contribution is 0.225. The second-order valence-corrected chi connectivity index (χ2v) is 4.88. The number of allylic oxidation sites excluding steroid dienone is 2. The van der Waals surface area contributed by atoms with Gasteiger partial charge in [0.1, 0.15) is 0 Å². The van der Waals surface area contributed by atoms with Gasteiger partial charge in [0.2, 0.25) is 0 Å². The average Bonchev–Trinajstić information content (AvgIpc) is 2.40. The van der Waals surface area contributed by atoms with E-state index in [1.54, 1.807) is 0 Å². The second kappa shape index (κ2) is 3.79. The first-order valence-electron chi connectivity index (χ1n) is 6.03. The van der Waals surface area contributed by atoms with Crippen molar-refractivity contribution in [3.05, 3.63) is 48.0 Å². The van der Waals surface area contributed by atoms with E-state index in [-0.39, 0.29) is 5.92 Å². The van der Waals surface area contributed by atoms with Gasteiger partial charge in [-0.05, 0) is 30.2 Å². The van der Waals surface area contributed by atoms with Gasteiger partial charge < -0.3 is 0 Å². The molecule has 3 aliphatic rings. The Morgan fingerprint density at radius 3 is 2.31 bits per heavy atom. The normalized spacial score (nSPS) is 35.9. The predicted molar refractivity (Wildman–Crippen MR) is 63.6 cm³/mol. The van der Waals surface area contributed by atoms with Crippen LogP contribution >= 0.6 is 0 Å². The molecule has 1 nitrogen and oxygen atoms in total. The highest BCUT2D eigenvalue weighted by atomic mass is 14.5. The maximum absolute atomic E-state index is 9.36. The van der Waals surface area contributed by atoms with Crippen LogP contribution in [-0.4, -0.2) is 0 Å². The molecule has 1 fully saturated rings. The minimum Gasteiger partial charge on any atom is -0.198 e. The van der Waals surface area contributed by atoms with E-state index in [2.05, 4.69) is 42.5 Å². The van der Waals surface area contributed by atoms with Gasteiger partial charge in [-0.15, -0.1) is 0 Å². The summed E-state index contributed by atoms with van der Waals surface area (Å²) >= 11 is 0. The molecular weight excluding hydrogens is 194 g/mol. The van der Waals surface area contributed by atoms with E-state index >= 15 is 0 Å². The number of rotatable bonds is 1. The Hall–Kier alpha value is -1.55. The standard InChI is InChI=1S/C15H15N/c16-10-14-11-6-8-13(9-7-11)15(14)12-4-2-1-3-5-12/h1-6,8,11,13-15H,7,9H2/t11-,13-,14+,15-/m0/s1. The molecule has 0 unspecified atom stereocenters. The molecular formula is C15H15N. The number of hydrogen-bond donors (Lipinski definition) is 0. The van der Waals surface area contributed by atoms with E-state index in [4.69, 9.17) is 0 Å². The molecule has 0 N–H and O–H groups in total. The Balaban J connectivity index is 2.01. The zero-order chi connectivity index (χ0) is 11.0. The molecule has 1 saturated carbocycles. The Morgan fingerprint density at radius 1 is 1.00 bits per heavy atom. The third kappa shape index (κ3) is 1.38. The Labute approximate surface area is 96.4 Å². The molecule has 16 heavy (non-hydrogen) atoms. The highest BCUT2D eigenvalue weighted by Crippen LogP contribution is 2.49. The lowest BCUT2D eigenvalue weighted by Gasteiger charge is -2.42. The summed E-state index contributed by atoms with van der Waals surface area (Å²) in [5, 5.41) is 9.36. The van der Waals surface area contributed by atoms with Crippen LogP contribution in [0.1, 0.15) is 24.3 Å². The van der Waals surface area contributed by atoms with Crippen molar-refractivity contribution in [2.24, 2.45) is 17.8 Å². The number of hydrogen-bond acceptors (Lipinski definition) is 1. The molecule has 80 valence electrons. The van der Waals surface area contributed by atoms with Crippen molar-refractivity contribution in [1.29, 1.82) is 5.26 Å². The number of fused-ring (bicyclic) bond motifs is 2. The maximum atomic E-state index is 9.36. The highest BCUT2D eigenvalue weighted by Gasteiger charge is 2.41. The lowest BCUT2D eigenvalue weighted by atomic mass is 9.61. The fourth-order valence-electron chi connectivity index (χ4n) is 3.30. The summed E-state index contributed by atoms with van der Waals surface area (Å²) in [6.45, 7) is 0. The van der Waals surface area contributed by atoms with Crippen molar-refractivity contribution in [3.8, 4) is 6.07 Å². The SMILES string of the molecule is N#C[C@H]1[C@@H](c2ccccc2)[C@H]2C=C[C@H]1CC2. The maximum Gasteiger partial charge on any atom is 0.0668 e. The molecule has 3 aliphatic carbocycles. The van der Waals surface area contributed by atoms with Crippen LogP contribution in [0.3, 0.4) is 0 Å². The van der Waals surface area contributed by atoms with Crippen LogP contribution in [-0.2, 0) is 0 Å². The average molecular weight is 209 g/mol. The van der Waals surface area contributed by atoms with E-state index in [0.29, 0.717) is 17.8 Å². The zero-order valence-corrected chi connectivity index (χ0v) is 9.21. The molecule has 0 amide bonds. The summed E-state index contributed by atoms with van der Waals surface area (Å²) in [5.41, 5.74) is 1.34. The van der Waals surface area contributed by atoms with Crippen LogP contribution in [0.5, 0.6) is 0 Å². The molecule has 0 spiro atoms. The van der Waals surface area contributed by atoms with E-state index in [1.807, 2.05) is 6.07 Å². The van der Waals surface area contributed by atoms with E-state index in [9.17, 15) is 5.26 Å². The zero-order valence-electron chi connectivity index (χ0n) is 9.21. The van der Waals surface area contributed by atoms with Crippen LogP contribution < -0.4 is 0 Å². The predicted octanol–water partition coefficient (Wildman–Crippen LogP) is 3.51. The minimum absolute atomic E-state index is 0.186. The van der Waals surface area contributed by atoms with Gasteiger partial charge >= 0.3 is 0 Å². The summed E-state index contributed by atoms with van der Waals surface area (Å²) in [5.74, 6) is 1.68. The lowest BCUT2D eigenvalue weighted by Crippen LogP contribution is -2.34. The molecule has 0 radical (unpaired) electrons. The first kappa shape index (κ1) is 9.66. The quantitative estimate of drug-likeness (QED) is 0.649. The van der Waals surface area contributed by atoms with Crippen molar-refractivity contribution in [1.82, 2.24) is 0 Å². The molecule has 1 heteroatoms. The van der Waals surface area contributed by atoms with Gasteiger partial charge in [-0.25, -0.2) is 0 Å². The summed E-state index contributed by atoms with van der Waals surface area (Å²) < 4.78 is 0. The highest BCUT2D eigenvalue weighted by molar-refractivity contribution is 5.29. The topological polar surface area (TPSA) is 23.8 Å². The van der Waals surface area contributed by atoms with Crippen LogP contribution in [0.4, 0.5) is 0 Å². The van der Waals surface area contributed by atoms with Crippen LogP contribution in [0.2, 0.25) is 0 Å². The van der Waals surface area contributed by atoms with E-state index in [1.165, 1.54) is 18.4 Å². The van der Waals surface area contributed by atoms with Gasteiger partial charge in [0.25, 0.3) is 0 Å². The molecule has 4 atom stereocenters. The van der Waals surface area contributed by atoms with Crippen molar-refractivity contribution >= 4 is 0 Å². The van der Waals surface area contributed by atoms with Crippen molar-refractivity contribution in [3.63, 3.8) is 0 Å². The van der Waals surface area contributed by atoms with Gasteiger partial charge in [0.15, 0.2) is 0 Å². The van der Waals surface area contributed by atoms with Gasteiger partial charge in [0.05, 0.1) is 12.0 Å². The Morgan fingerprint density at radius 2 is 1.69 bits per heavy atom. The largest absolute Gasteiger partial charge is 0.198 e. The number of nitrogens with zero attached hydrogens (tertiary/aromatic N) is 1. The van der Waals surface area contributed by atoms with E-state index in [0.717, 1.165) is 0 Å². The van der Waals surface area contributed by atoms with Gasteiger partial charge in [-0.1, -0.05) is 42.5 Å². The molecule has 0 aliphatic heterocycles. The summed E-state index contributed by atoms with van der Waals surface area (Å²) in [6.07, 6.45) is 7.04. The van der Waals surface area contributed by atoms with Gasteiger partial charge in [-0.3, -0.25) is 0 Å². The van der Waals surface area contributed by atoms with Crippen LogP contribution in [0, 0.1) is 29.1 Å². The third-order valence-electron chi connectivity index (χ3n) is 4.08. The smallest absolute Gasteiger partial charge is 0.0668 e. The third-order valence-corrected chi connectivity index (χ3v) is 4.08. The summed E-state index contributed by atoms with van der Waals surface area (Å²) in [4.78, 5) is 0. The molecule has 1 aromatic rings. The molecule has 0 aromatic heterocycles. The van der Waals surface area contributed by atoms with E-state index < -0.39 is 0 Å². The molecule has 0 saturated heterocycles. The second-order valence-electron chi connectivity index (χ2n) is 4.88. The number of nitriles is 1.